The lowest BCUT2D eigenvalue weighted by Crippen LogP contribution is -2.32. The molecule has 0 bridgehead atoms. The smallest absolute Gasteiger partial charge is 0.293 e. The molecule has 3 aromatic carbocycles. The zero-order chi connectivity index (χ0) is 21.5. The van der Waals surface area contributed by atoms with E-state index >= 15 is 0 Å². The highest BCUT2D eigenvalue weighted by Crippen LogP contribution is 2.50. The molecule has 6 heteroatoms. The van der Waals surface area contributed by atoms with Crippen molar-refractivity contribution in [2.45, 2.75) is 17.0 Å². The molecule has 0 aromatic heterocycles. The fourth-order valence-electron chi connectivity index (χ4n) is 3.75. The van der Waals surface area contributed by atoms with Crippen molar-refractivity contribution in [3.8, 4) is 5.75 Å². The molecule has 0 aliphatic carbocycles. The molecule has 2 atom stereocenters. The van der Waals surface area contributed by atoms with E-state index in [0.717, 1.165) is 22.4 Å². The maximum atomic E-state index is 10.9. The quantitative estimate of drug-likeness (QED) is 0.278. The maximum absolute atomic E-state index is 10.9. The SMILES string of the molecule is COc1ccc(C(SO[C@@H]2COC[C@@H]2OC=O)(c2ccccc2)c2ccccc2)cc1. The molecule has 0 unspecified atom stereocenters. The number of rotatable bonds is 9. The van der Waals surface area contributed by atoms with Gasteiger partial charge in [-0.05, 0) is 28.8 Å². The van der Waals surface area contributed by atoms with E-state index in [9.17, 15) is 4.79 Å². The van der Waals surface area contributed by atoms with E-state index in [1.54, 1.807) is 7.11 Å². The number of carbonyl (C=O) groups is 1. The standard InChI is InChI=1S/C25H24O5S/c1-27-22-14-12-21(13-15-22)25(19-8-4-2-5-9-19,20-10-6-3-7-11-20)31-30-24-17-28-16-23(24)29-18-26/h2-15,18,23-24H,16-17H2,1H3/t23-,24+/m0/s1. The van der Waals surface area contributed by atoms with Gasteiger partial charge in [-0.1, -0.05) is 72.8 Å². The molecule has 0 radical (unpaired) electrons. The largest absolute Gasteiger partial charge is 0.497 e. The predicted molar refractivity (Wildman–Crippen MR) is 120 cm³/mol. The van der Waals surface area contributed by atoms with Crippen LogP contribution in [0.25, 0.3) is 0 Å². The Morgan fingerprint density at radius 1 is 0.839 bits per heavy atom. The molecular weight excluding hydrogens is 412 g/mol. The van der Waals surface area contributed by atoms with Crippen LogP contribution in [0.5, 0.6) is 5.75 Å². The second-order valence-corrected chi connectivity index (χ2v) is 8.14. The van der Waals surface area contributed by atoms with Crippen molar-refractivity contribution in [2.24, 2.45) is 0 Å². The Morgan fingerprint density at radius 2 is 1.39 bits per heavy atom. The molecule has 1 fully saturated rings. The van der Waals surface area contributed by atoms with Crippen LogP contribution in [0.2, 0.25) is 0 Å². The molecule has 1 heterocycles. The van der Waals surface area contributed by atoms with Crippen LogP contribution in [-0.2, 0) is 23.2 Å². The van der Waals surface area contributed by atoms with Gasteiger partial charge in [0, 0.05) is 12.0 Å². The van der Waals surface area contributed by atoms with Crippen LogP contribution in [-0.4, -0.2) is 39.0 Å². The van der Waals surface area contributed by atoms with Crippen molar-refractivity contribution in [2.75, 3.05) is 20.3 Å². The van der Waals surface area contributed by atoms with E-state index in [1.807, 2.05) is 48.5 Å². The minimum atomic E-state index is -0.650. The third-order valence-corrected chi connectivity index (χ3v) is 6.66. The van der Waals surface area contributed by atoms with Crippen molar-refractivity contribution >= 4 is 18.5 Å². The molecule has 160 valence electrons. The minimum absolute atomic E-state index is 0.330. The molecule has 4 rings (SSSR count). The van der Waals surface area contributed by atoms with E-state index in [4.69, 9.17) is 18.4 Å². The molecule has 3 aromatic rings. The third-order valence-electron chi connectivity index (χ3n) is 5.36. The Hall–Kier alpha value is -2.80. The van der Waals surface area contributed by atoms with Crippen molar-refractivity contribution in [1.82, 2.24) is 0 Å². The van der Waals surface area contributed by atoms with Crippen LogP contribution >= 0.6 is 12.0 Å². The van der Waals surface area contributed by atoms with Crippen LogP contribution in [0.4, 0.5) is 0 Å². The van der Waals surface area contributed by atoms with E-state index in [0.29, 0.717) is 19.7 Å². The van der Waals surface area contributed by atoms with Gasteiger partial charge in [0.25, 0.3) is 6.47 Å². The Kier molecular flexibility index (Phi) is 6.92. The summed E-state index contributed by atoms with van der Waals surface area (Å²) in [6.07, 6.45) is -0.787. The van der Waals surface area contributed by atoms with Gasteiger partial charge in [0.1, 0.15) is 16.6 Å². The fraction of sp³-hybridized carbons (Fsp3) is 0.240. The van der Waals surface area contributed by atoms with Gasteiger partial charge in [0.05, 0.1) is 20.3 Å². The topological polar surface area (TPSA) is 54.0 Å². The van der Waals surface area contributed by atoms with E-state index in [1.165, 1.54) is 12.0 Å². The molecule has 0 saturated carbocycles. The van der Waals surface area contributed by atoms with Gasteiger partial charge >= 0.3 is 0 Å². The second-order valence-electron chi connectivity index (χ2n) is 7.17. The normalized spacial score (nSPS) is 18.5. The van der Waals surface area contributed by atoms with E-state index < -0.39 is 10.9 Å². The van der Waals surface area contributed by atoms with Crippen LogP contribution in [0.1, 0.15) is 16.7 Å². The van der Waals surface area contributed by atoms with Crippen molar-refractivity contribution < 1.29 is 23.2 Å². The van der Waals surface area contributed by atoms with Crippen LogP contribution in [0.3, 0.4) is 0 Å². The second kappa shape index (κ2) is 10.0. The lowest BCUT2D eigenvalue weighted by atomic mass is 9.84. The first-order valence-electron chi connectivity index (χ1n) is 10.0. The van der Waals surface area contributed by atoms with Crippen molar-refractivity contribution in [3.63, 3.8) is 0 Å². The minimum Gasteiger partial charge on any atom is -0.497 e. The Bertz CT molecular complexity index is 923. The number of hydrogen-bond acceptors (Lipinski definition) is 6. The lowest BCUT2D eigenvalue weighted by molar-refractivity contribution is -0.136. The predicted octanol–water partition coefficient (Wildman–Crippen LogP) is 4.59. The summed E-state index contributed by atoms with van der Waals surface area (Å²) in [5.41, 5.74) is 3.19. The van der Waals surface area contributed by atoms with Crippen LogP contribution in [0.15, 0.2) is 84.9 Å². The molecule has 0 amide bonds. The summed E-state index contributed by atoms with van der Waals surface area (Å²) in [5, 5.41) is 0. The highest BCUT2D eigenvalue weighted by molar-refractivity contribution is 7.96. The van der Waals surface area contributed by atoms with Gasteiger partial charge < -0.3 is 18.4 Å². The zero-order valence-electron chi connectivity index (χ0n) is 17.2. The number of carbonyl (C=O) groups excluding carboxylic acids is 1. The number of hydrogen-bond donors (Lipinski definition) is 0. The Labute approximate surface area is 186 Å². The van der Waals surface area contributed by atoms with E-state index in [2.05, 4.69) is 36.4 Å². The van der Waals surface area contributed by atoms with E-state index in [-0.39, 0.29) is 6.10 Å². The molecule has 1 saturated heterocycles. The first kappa shape index (κ1) is 21.4. The van der Waals surface area contributed by atoms with Crippen molar-refractivity contribution in [3.05, 3.63) is 102 Å². The first-order chi connectivity index (χ1) is 15.3. The lowest BCUT2D eigenvalue weighted by Gasteiger charge is -2.35. The van der Waals surface area contributed by atoms with Gasteiger partial charge in [0.2, 0.25) is 0 Å². The summed E-state index contributed by atoms with van der Waals surface area (Å²) in [7, 11) is 1.65. The van der Waals surface area contributed by atoms with Crippen LogP contribution in [0, 0.1) is 0 Å². The highest BCUT2D eigenvalue weighted by Gasteiger charge is 2.41. The molecule has 31 heavy (non-hydrogen) atoms. The number of ether oxygens (including phenoxy) is 3. The number of methoxy groups -OCH3 is 1. The third kappa shape index (κ3) is 4.46. The first-order valence-corrected chi connectivity index (χ1v) is 10.8. The van der Waals surface area contributed by atoms with Gasteiger partial charge in [-0.25, -0.2) is 0 Å². The molecule has 5 nitrogen and oxygen atoms in total. The summed E-state index contributed by atoms with van der Waals surface area (Å²) < 4.78 is 21.7. The molecular formula is C25H24O5S. The fourth-order valence-corrected chi connectivity index (χ4v) is 4.90. The summed E-state index contributed by atoms with van der Waals surface area (Å²) in [6.45, 7) is 1.15. The molecule has 0 spiro atoms. The Morgan fingerprint density at radius 3 is 1.94 bits per heavy atom. The Balaban J connectivity index is 1.80. The average Bonchev–Trinajstić information content (AvgIpc) is 3.28. The molecule has 1 aliphatic rings. The monoisotopic (exact) mass is 436 g/mol. The van der Waals surface area contributed by atoms with Gasteiger partial charge in [0.15, 0.2) is 6.10 Å². The molecule has 1 aliphatic heterocycles. The van der Waals surface area contributed by atoms with Gasteiger partial charge in [-0.15, -0.1) is 0 Å². The molecule has 0 N–H and O–H groups in total. The average molecular weight is 437 g/mol. The van der Waals surface area contributed by atoms with Gasteiger partial charge in [-0.3, -0.25) is 4.79 Å². The maximum Gasteiger partial charge on any atom is 0.293 e. The van der Waals surface area contributed by atoms with Crippen LogP contribution < -0.4 is 4.74 Å². The summed E-state index contributed by atoms with van der Waals surface area (Å²) in [6, 6.07) is 28.5. The summed E-state index contributed by atoms with van der Waals surface area (Å²) in [4.78, 5) is 10.9. The summed E-state index contributed by atoms with van der Waals surface area (Å²) >= 11 is 1.35. The number of benzene rings is 3. The zero-order valence-corrected chi connectivity index (χ0v) is 18.0. The van der Waals surface area contributed by atoms with Crippen molar-refractivity contribution in [1.29, 1.82) is 0 Å². The summed E-state index contributed by atoms with van der Waals surface area (Å²) in [5.74, 6) is 0.785. The van der Waals surface area contributed by atoms with Gasteiger partial charge in [-0.2, -0.15) is 0 Å². The highest BCUT2D eigenvalue weighted by atomic mass is 32.2.